The van der Waals surface area contributed by atoms with Gasteiger partial charge in [0.1, 0.15) is 23.7 Å². The van der Waals surface area contributed by atoms with Crippen LogP contribution in [0.4, 0.5) is 10.2 Å². The molecule has 46 heavy (non-hydrogen) atoms. The van der Waals surface area contributed by atoms with Gasteiger partial charge in [-0.1, -0.05) is 30.3 Å². The van der Waals surface area contributed by atoms with Crippen molar-refractivity contribution in [3.63, 3.8) is 0 Å². The molecule has 1 aromatic heterocycles. The molecule has 4 aromatic rings. The largest absolute Gasteiger partial charge is 0.508 e. The van der Waals surface area contributed by atoms with Crippen LogP contribution in [0.1, 0.15) is 45.4 Å². The number of fused-ring (bicyclic) bond motifs is 5. The van der Waals surface area contributed by atoms with Gasteiger partial charge in [0.05, 0.1) is 5.54 Å². The van der Waals surface area contributed by atoms with Gasteiger partial charge in [0.2, 0.25) is 5.91 Å². The maximum Gasteiger partial charge on any atom is 0.319 e. The van der Waals surface area contributed by atoms with Crippen LogP contribution in [-0.4, -0.2) is 94.3 Å². The molecule has 240 valence electrons. The molecule has 0 saturated carbocycles. The highest BCUT2D eigenvalue weighted by molar-refractivity contribution is 6.01. The third-order valence-corrected chi connectivity index (χ3v) is 10.9. The van der Waals surface area contributed by atoms with Gasteiger partial charge in [0.25, 0.3) is 0 Å². The molecule has 1 amide bonds. The SMILES string of the molecule is CC(=O)NCCN1C2CCC1CN(c1nc(OCC34CCCN3CCC4)nc3c(F)c(-c4cc(O)cc5ccccc45)ccc13)C2. The van der Waals surface area contributed by atoms with Gasteiger partial charge in [-0.3, -0.25) is 14.6 Å². The Bertz CT molecular complexity index is 1790. The van der Waals surface area contributed by atoms with E-state index in [1.807, 2.05) is 30.3 Å². The van der Waals surface area contributed by atoms with Gasteiger partial charge in [-0.05, 0) is 86.1 Å². The average molecular weight is 625 g/mol. The minimum Gasteiger partial charge on any atom is -0.508 e. The molecule has 2 atom stereocenters. The lowest BCUT2D eigenvalue weighted by atomic mass is 9.95. The van der Waals surface area contributed by atoms with Crippen molar-refractivity contribution in [1.82, 2.24) is 25.1 Å². The molecule has 2 bridgehead atoms. The second-order valence-electron chi connectivity index (χ2n) is 13.6. The van der Waals surface area contributed by atoms with Crippen molar-refractivity contribution < 1.29 is 19.0 Å². The van der Waals surface area contributed by atoms with Crippen molar-refractivity contribution in [3.8, 4) is 22.9 Å². The molecule has 4 aliphatic heterocycles. The first-order valence-corrected chi connectivity index (χ1v) is 16.7. The summed E-state index contributed by atoms with van der Waals surface area (Å²) in [4.78, 5) is 28.6. The zero-order chi connectivity index (χ0) is 31.4. The van der Waals surface area contributed by atoms with Crippen molar-refractivity contribution in [1.29, 1.82) is 0 Å². The Morgan fingerprint density at radius 3 is 2.54 bits per heavy atom. The van der Waals surface area contributed by atoms with E-state index in [1.54, 1.807) is 25.1 Å². The van der Waals surface area contributed by atoms with Gasteiger partial charge >= 0.3 is 6.01 Å². The molecule has 4 saturated heterocycles. The molecule has 2 N–H and O–H groups in total. The molecule has 0 spiro atoms. The number of ether oxygens (including phenoxy) is 1. The molecule has 3 aromatic carbocycles. The van der Waals surface area contributed by atoms with E-state index < -0.39 is 5.82 Å². The highest BCUT2D eigenvalue weighted by Crippen LogP contribution is 2.42. The summed E-state index contributed by atoms with van der Waals surface area (Å²) in [5, 5.41) is 15.8. The quantitative estimate of drug-likeness (QED) is 0.280. The second kappa shape index (κ2) is 11.7. The number of piperazine rings is 1. The standard InChI is InChI=1S/C36H41FN6O3/c1-23(44)38-14-17-43-25-8-9-26(43)21-41(20-25)34-30-11-10-29(31-19-27(45)18-24-6-2-3-7-28(24)31)32(37)33(30)39-35(40-34)46-22-36-12-4-15-42(36)16-5-13-36/h2-3,6-7,10-11,18-19,25-26,45H,4-5,8-9,12-17,20-22H2,1H3,(H,38,44). The highest BCUT2D eigenvalue weighted by Gasteiger charge is 2.45. The van der Waals surface area contributed by atoms with E-state index in [1.165, 1.54) is 0 Å². The maximum absolute atomic E-state index is 16.8. The van der Waals surface area contributed by atoms with E-state index in [-0.39, 0.29) is 28.7 Å². The Hall–Kier alpha value is -4.02. The Kier molecular flexibility index (Phi) is 7.44. The number of hydrogen-bond donors (Lipinski definition) is 2. The minimum atomic E-state index is -0.444. The fourth-order valence-electron chi connectivity index (χ4n) is 8.71. The number of rotatable bonds is 8. The molecule has 10 heteroatoms. The fraction of sp³-hybridized carbons (Fsp3) is 0.472. The van der Waals surface area contributed by atoms with Crippen LogP contribution in [0.5, 0.6) is 11.8 Å². The topological polar surface area (TPSA) is 94.1 Å². The summed E-state index contributed by atoms with van der Waals surface area (Å²) in [6, 6.07) is 15.6. The molecule has 9 nitrogen and oxygen atoms in total. The summed E-state index contributed by atoms with van der Waals surface area (Å²) in [6.07, 6.45) is 6.68. The van der Waals surface area contributed by atoms with E-state index in [0.717, 1.165) is 82.0 Å². The van der Waals surface area contributed by atoms with E-state index in [2.05, 4.69) is 20.0 Å². The van der Waals surface area contributed by atoms with E-state index >= 15 is 4.39 Å². The number of halogens is 1. The van der Waals surface area contributed by atoms with Gasteiger partial charge in [0, 0.05) is 56.1 Å². The number of carbonyl (C=O) groups excluding carboxylic acids is 1. The van der Waals surface area contributed by atoms with Gasteiger partial charge in [-0.2, -0.15) is 9.97 Å². The van der Waals surface area contributed by atoms with Crippen LogP contribution in [0.3, 0.4) is 0 Å². The number of nitrogens with zero attached hydrogens (tertiary/aromatic N) is 5. The van der Waals surface area contributed by atoms with Crippen LogP contribution >= 0.6 is 0 Å². The monoisotopic (exact) mass is 624 g/mol. The first kappa shape index (κ1) is 29.4. The Morgan fingerprint density at radius 1 is 1.02 bits per heavy atom. The van der Waals surface area contributed by atoms with Crippen molar-refractivity contribution in [2.45, 2.75) is 63.1 Å². The Labute approximate surface area is 268 Å². The van der Waals surface area contributed by atoms with Crippen molar-refractivity contribution in [2.24, 2.45) is 0 Å². The summed E-state index contributed by atoms with van der Waals surface area (Å²) in [5.41, 5.74) is 1.25. The van der Waals surface area contributed by atoms with Gasteiger partial charge in [-0.15, -0.1) is 0 Å². The third kappa shape index (κ3) is 5.11. The van der Waals surface area contributed by atoms with Crippen LogP contribution < -0.4 is 15.0 Å². The number of amides is 1. The molecule has 2 unspecified atom stereocenters. The number of aromatic nitrogens is 2. The Morgan fingerprint density at radius 2 is 1.78 bits per heavy atom. The number of hydrogen-bond acceptors (Lipinski definition) is 8. The molecule has 0 aliphatic carbocycles. The first-order valence-electron chi connectivity index (χ1n) is 16.7. The van der Waals surface area contributed by atoms with Crippen LogP contribution in [0.25, 0.3) is 32.8 Å². The number of phenols is 1. The number of phenolic OH excluding ortho intramolecular Hbond substituents is 1. The van der Waals surface area contributed by atoms with Crippen LogP contribution in [0, 0.1) is 5.82 Å². The smallest absolute Gasteiger partial charge is 0.319 e. The molecule has 4 aliphatic rings. The van der Waals surface area contributed by atoms with Crippen LogP contribution in [0.15, 0.2) is 48.5 Å². The normalized spacial score (nSPS) is 22.5. The van der Waals surface area contributed by atoms with Gasteiger partial charge in [-0.25, -0.2) is 4.39 Å². The minimum absolute atomic E-state index is 0.0102. The fourth-order valence-corrected chi connectivity index (χ4v) is 8.71. The van der Waals surface area contributed by atoms with Crippen LogP contribution in [-0.2, 0) is 4.79 Å². The molecule has 8 rings (SSSR count). The van der Waals surface area contributed by atoms with Gasteiger partial charge in [0.15, 0.2) is 5.82 Å². The molecule has 5 heterocycles. The maximum atomic E-state index is 16.8. The predicted octanol–water partition coefficient (Wildman–Crippen LogP) is 5.09. The average Bonchev–Trinajstić information content (AvgIpc) is 3.69. The second-order valence-corrected chi connectivity index (χ2v) is 13.6. The number of anilines is 1. The molecular formula is C36H41FN6O3. The molecule has 0 radical (unpaired) electrons. The van der Waals surface area contributed by atoms with E-state index in [0.29, 0.717) is 47.6 Å². The molecule has 4 fully saturated rings. The van der Waals surface area contributed by atoms with E-state index in [4.69, 9.17) is 14.7 Å². The summed E-state index contributed by atoms with van der Waals surface area (Å²) in [7, 11) is 0. The van der Waals surface area contributed by atoms with Crippen molar-refractivity contribution in [3.05, 3.63) is 54.3 Å². The summed E-state index contributed by atoms with van der Waals surface area (Å²) in [6.45, 7) is 7.22. The lowest BCUT2D eigenvalue weighted by Crippen LogP contribution is -2.55. The lowest BCUT2D eigenvalue weighted by Gasteiger charge is -2.42. The van der Waals surface area contributed by atoms with Crippen molar-refractivity contribution >= 4 is 33.4 Å². The Balaban J connectivity index is 1.18. The van der Waals surface area contributed by atoms with Gasteiger partial charge < -0.3 is 20.1 Å². The van der Waals surface area contributed by atoms with Crippen molar-refractivity contribution in [2.75, 3.05) is 50.8 Å². The van der Waals surface area contributed by atoms with Crippen LogP contribution in [0.2, 0.25) is 0 Å². The summed E-state index contributed by atoms with van der Waals surface area (Å²) >= 11 is 0. The summed E-state index contributed by atoms with van der Waals surface area (Å²) in [5.74, 6) is 0.338. The number of aromatic hydroxyl groups is 1. The third-order valence-electron chi connectivity index (χ3n) is 10.9. The first-order chi connectivity index (χ1) is 22.4. The number of benzene rings is 3. The highest BCUT2D eigenvalue weighted by atomic mass is 19.1. The lowest BCUT2D eigenvalue weighted by molar-refractivity contribution is -0.119. The summed E-state index contributed by atoms with van der Waals surface area (Å²) < 4.78 is 23.3. The molecular weight excluding hydrogens is 583 g/mol. The number of nitrogens with one attached hydrogen (secondary N) is 1. The number of carbonyl (C=O) groups is 1. The predicted molar refractivity (Wildman–Crippen MR) is 177 cm³/mol. The zero-order valence-electron chi connectivity index (χ0n) is 26.3. The zero-order valence-corrected chi connectivity index (χ0v) is 26.3. The van der Waals surface area contributed by atoms with E-state index in [9.17, 15) is 9.90 Å².